The molecule has 0 saturated heterocycles. The van der Waals surface area contributed by atoms with Crippen LogP contribution in [-0.4, -0.2) is 46.3 Å². The summed E-state index contributed by atoms with van der Waals surface area (Å²) in [5, 5.41) is 30.0. The normalized spacial score (nSPS) is 12.7. The minimum absolute atomic E-state index is 0.206. The van der Waals surface area contributed by atoms with Gasteiger partial charge in [0.1, 0.15) is 0 Å². The van der Waals surface area contributed by atoms with E-state index in [0.29, 0.717) is 31.9 Å². The van der Waals surface area contributed by atoms with Crippen molar-refractivity contribution >= 4 is 17.7 Å². The number of aliphatic hydroxyl groups is 1. The van der Waals surface area contributed by atoms with E-state index < -0.39 is 34.9 Å². The number of carboxylic acid groups (broad SMARTS) is 1. The molecule has 10 heteroatoms. The Bertz CT molecular complexity index is 880. The lowest BCUT2D eigenvalue weighted by Gasteiger charge is -2.20. The Morgan fingerprint density at radius 2 is 1.90 bits per heavy atom. The van der Waals surface area contributed by atoms with E-state index in [1.165, 1.54) is 20.0 Å². The lowest BCUT2D eigenvalue weighted by molar-refractivity contribution is -0.138. The first kappa shape index (κ1) is 24.8. The maximum Gasteiger partial charge on any atom is 0.417 e. The van der Waals surface area contributed by atoms with Crippen molar-refractivity contribution in [2.24, 2.45) is 0 Å². The van der Waals surface area contributed by atoms with Gasteiger partial charge in [0.2, 0.25) is 0 Å². The summed E-state index contributed by atoms with van der Waals surface area (Å²) in [7, 11) is 1.45. The van der Waals surface area contributed by atoms with Crippen LogP contribution in [0.1, 0.15) is 43.7 Å². The van der Waals surface area contributed by atoms with Gasteiger partial charge in [0.25, 0.3) is 5.91 Å². The highest BCUT2D eigenvalue weighted by molar-refractivity contribution is 5.97. The molecule has 1 atom stereocenters. The Balaban J connectivity index is 2.64. The fraction of sp³-hybridized carbons (Fsp3) is 0.450. The van der Waals surface area contributed by atoms with Gasteiger partial charge in [-0.15, -0.1) is 5.92 Å². The molecule has 1 unspecified atom stereocenters. The first-order chi connectivity index (χ1) is 13.9. The molecule has 0 fully saturated rings. The maximum atomic E-state index is 13.0. The second kappa shape index (κ2) is 10.5. The van der Waals surface area contributed by atoms with E-state index in [2.05, 4.69) is 17.2 Å². The fourth-order valence-electron chi connectivity index (χ4n) is 2.28. The van der Waals surface area contributed by atoms with E-state index in [4.69, 9.17) is 10.4 Å². The number of carbonyl (C=O) groups excluding carboxylic acids is 1. The van der Waals surface area contributed by atoms with Gasteiger partial charge >= 0.3 is 12.3 Å². The van der Waals surface area contributed by atoms with Gasteiger partial charge in [0.15, 0.2) is 5.60 Å². The van der Waals surface area contributed by atoms with Crippen LogP contribution in [0.25, 0.3) is 0 Å². The second-order valence-electron chi connectivity index (χ2n) is 6.79. The lowest BCUT2D eigenvalue weighted by atomic mass is 10.0. The summed E-state index contributed by atoms with van der Waals surface area (Å²) in [5.74, 6) is 4.48. The summed E-state index contributed by atoms with van der Waals surface area (Å²) in [6, 6.07) is 4.15. The number of halogens is 3. The van der Waals surface area contributed by atoms with Crippen molar-refractivity contribution in [3.8, 4) is 17.9 Å². The van der Waals surface area contributed by atoms with E-state index >= 15 is 0 Å². The molecule has 0 bridgehead atoms. The molecule has 7 nitrogen and oxygen atoms in total. The van der Waals surface area contributed by atoms with Gasteiger partial charge in [0, 0.05) is 32.1 Å². The van der Waals surface area contributed by atoms with Crippen LogP contribution < -0.4 is 5.32 Å². The molecule has 0 aliphatic carbocycles. The molecule has 0 spiro atoms. The standard InChI is InChI=1S/C20H22F3N3O4/c1-19(30,10-6-4-3-5-7-11-26(2)18(28)29)17(27)25-15-9-8-14(13-24)16(12-15)20(21,22)23/h8-9,12,30H,3,5,7,10-11H2,1-2H3,(H,25,27)(H,28,29). The predicted octanol–water partition coefficient (Wildman–Crippen LogP) is 3.44. The Kier molecular flexibility index (Phi) is 8.69. The fourth-order valence-corrected chi connectivity index (χ4v) is 2.28. The number of amides is 2. The van der Waals surface area contributed by atoms with Crippen LogP contribution in [0.4, 0.5) is 23.7 Å². The van der Waals surface area contributed by atoms with Crippen molar-refractivity contribution in [1.82, 2.24) is 4.90 Å². The molecule has 0 radical (unpaired) electrons. The van der Waals surface area contributed by atoms with E-state index in [1.807, 2.05) is 0 Å². The number of nitrogens with zero attached hydrogens (tertiary/aromatic N) is 2. The highest BCUT2D eigenvalue weighted by Gasteiger charge is 2.35. The minimum Gasteiger partial charge on any atom is -0.465 e. The monoisotopic (exact) mass is 425 g/mol. The van der Waals surface area contributed by atoms with Gasteiger partial charge in [-0.05, 0) is 38.0 Å². The second-order valence-corrected chi connectivity index (χ2v) is 6.79. The molecule has 30 heavy (non-hydrogen) atoms. The first-order valence-electron chi connectivity index (χ1n) is 8.93. The quantitative estimate of drug-likeness (QED) is 0.457. The number of hydrogen-bond donors (Lipinski definition) is 3. The Labute approximate surface area is 172 Å². The molecule has 0 saturated carbocycles. The van der Waals surface area contributed by atoms with Crippen LogP contribution >= 0.6 is 0 Å². The smallest absolute Gasteiger partial charge is 0.417 e. The lowest BCUT2D eigenvalue weighted by Crippen LogP contribution is -2.39. The van der Waals surface area contributed by atoms with Gasteiger partial charge in [-0.25, -0.2) is 4.79 Å². The first-order valence-corrected chi connectivity index (χ1v) is 8.93. The van der Waals surface area contributed by atoms with Crippen molar-refractivity contribution in [1.29, 1.82) is 5.26 Å². The summed E-state index contributed by atoms with van der Waals surface area (Å²) in [5.41, 5.74) is -3.91. The van der Waals surface area contributed by atoms with Crippen LogP contribution in [0.3, 0.4) is 0 Å². The van der Waals surface area contributed by atoms with E-state index in [0.717, 1.165) is 17.0 Å². The molecule has 3 N–H and O–H groups in total. The highest BCUT2D eigenvalue weighted by atomic mass is 19.4. The third-order valence-electron chi connectivity index (χ3n) is 4.12. The molecule has 0 heterocycles. The van der Waals surface area contributed by atoms with Gasteiger partial charge < -0.3 is 20.4 Å². The average Bonchev–Trinajstić information content (AvgIpc) is 2.66. The molecule has 1 aromatic carbocycles. The van der Waals surface area contributed by atoms with Gasteiger partial charge in [-0.2, -0.15) is 18.4 Å². The predicted molar refractivity (Wildman–Crippen MR) is 102 cm³/mol. The number of hydrogen-bond acceptors (Lipinski definition) is 4. The van der Waals surface area contributed by atoms with Gasteiger partial charge in [0.05, 0.1) is 17.2 Å². The minimum atomic E-state index is -4.76. The number of nitrogens with one attached hydrogen (secondary N) is 1. The zero-order valence-corrected chi connectivity index (χ0v) is 16.5. The summed E-state index contributed by atoms with van der Waals surface area (Å²) in [4.78, 5) is 24.0. The topological polar surface area (TPSA) is 114 Å². The molecule has 2 amide bonds. The molecular formula is C20H22F3N3O4. The number of alkyl halides is 3. The summed E-state index contributed by atoms with van der Waals surface area (Å²) in [6.07, 6.45) is -4.35. The van der Waals surface area contributed by atoms with Crippen molar-refractivity contribution in [3.05, 3.63) is 29.3 Å². The average molecular weight is 425 g/mol. The molecule has 0 aliphatic rings. The van der Waals surface area contributed by atoms with Crippen LogP contribution in [0.5, 0.6) is 0 Å². The molecule has 1 aromatic rings. The summed E-state index contributed by atoms with van der Waals surface area (Å²) in [6.45, 7) is 1.55. The number of benzene rings is 1. The third kappa shape index (κ3) is 7.64. The SMILES string of the molecule is CN(CCCCC#CCC(C)(O)C(=O)Nc1ccc(C#N)c(C(F)(F)F)c1)C(=O)O. The highest BCUT2D eigenvalue weighted by Crippen LogP contribution is 2.33. The summed E-state index contributed by atoms with van der Waals surface area (Å²) < 4.78 is 39.0. The van der Waals surface area contributed by atoms with Crippen molar-refractivity contribution in [2.45, 2.75) is 44.4 Å². The molecule has 0 aliphatic heterocycles. The van der Waals surface area contributed by atoms with Crippen molar-refractivity contribution in [3.63, 3.8) is 0 Å². The Morgan fingerprint density at radius 1 is 1.23 bits per heavy atom. The molecular weight excluding hydrogens is 403 g/mol. The number of rotatable bonds is 7. The van der Waals surface area contributed by atoms with Crippen molar-refractivity contribution in [2.75, 3.05) is 18.9 Å². The Hall–Kier alpha value is -3.24. The molecule has 0 aromatic heterocycles. The van der Waals surface area contributed by atoms with Crippen LogP contribution in [0.15, 0.2) is 18.2 Å². The number of anilines is 1. The maximum absolute atomic E-state index is 13.0. The third-order valence-corrected chi connectivity index (χ3v) is 4.12. The van der Waals surface area contributed by atoms with Crippen molar-refractivity contribution < 1.29 is 33.0 Å². The number of unbranched alkanes of at least 4 members (excludes halogenated alkanes) is 2. The number of nitriles is 1. The number of carbonyl (C=O) groups is 2. The zero-order chi connectivity index (χ0) is 22.9. The van der Waals surface area contributed by atoms with E-state index in [1.54, 1.807) is 0 Å². The van der Waals surface area contributed by atoms with E-state index in [-0.39, 0.29) is 12.1 Å². The van der Waals surface area contributed by atoms with Gasteiger partial charge in [-0.1, -0.05) is 5.92 Å². The van der Waals surface area contributed by atoms with E-state index in [9.17, 15) is 27.9 Å². The Morgan fingerprint density at radius 3 is 2.47 bits per heavy atom. The summed E-state index contributed by atoms with van der Waals surface area (Å²) >= 11 is 0. The molecule has 1 rings (SSSR count). The van der Waals surface area contributed by atoms with Gasteiger partial charge in [-0.3, -0.25) is 4.79 Å². The van der Waals surface area contributed by atoms with Crippen LogP contribution in [0.2, 0.25) is 0 Å². The zero-order valence-electron chi connectivity index (χ0n) is 16.5. The largest absolute Gasteiger partial charge is 0.465 e. The van der Waals surface area contributed by atoms with Crippen LogP contribution in [-0.2, 0) is 11.0 Å². The van der Waals surface area contributed by atoms with Crippen LogP contribution in [0, 0.1) is 23.2 Å². The molecule has 162 valence electrons.